The largest absolute Gasteiger partial charge is 0.348 e. The molecule has 3 atom stereocenters. The smallest absolute Gasteiger partial charge is 0.172 e. The Morgan fingerprint density at radius 3 is 2.29 bits per heavy atom. The Labute approximate surface area is 112 Å². The van der Waals surface area contributed by atoms with Gasteiger partial charge in [0, 0.05) is 25.2 Å². The van der Waals surface area contributed by atoms with E-state index in [0.717, 1.165) is 13.1 Å². The Hall–Kier alpha value is 0.0900. The minimum atomic E-state index is 0.278. The molecule has 0 N–H and O–H groups in total. The number of hydrogen-bond acceptors (Lipinski definition) is 6. The van der Waals surface area contributed by atoms with E-state index in [0.29, 0.717) is 12.1 Å². The molecule has 2 heterocycles. The van der Waals surface area contributed by atoms with Crippen molar-refractivity contribution < 1.29 is 0 Å². The maximum atomic E-state index is 4.78. The zero-order chi connectivity index (χ0) is 12.6. The summed E-state index contributed by atoms with van der Waals surface area (Å²) in [5.74, 6) is 0. The van der Waals surface area contributed by atoms with E-state index in [1.807, 2.05) is 21.6 Å². The number of nitrogens with zero attached hydrogens (tertiary/aromatic N) is 4. The summed E-state index contributed by atoms with van der Waals surface area (Å²) in [5.41, 5.74) is 0.278. The molecule has 6 heteroatoms. The summed E-state index contributed by atoms with van der Waals surface area (Å²) in [6.07, 6.45) is 0. The number of hydrogen-bond donors (Lipinski definition) is 0. The zero-order valence-corrected chi connectivity index (χ0v) is 12.9. The third-order valence-electron chi connectivity index (χ3n) is 3.50. The van der Waals surface area contributed by atoms with Gasteiger partial charge in [-0.25, -0.2) is 4.99 Å². The minimum Gasteiger partial charge on any atom is -0.348 e. The molecule has 0 aromatic heterocycles. The molecule has 2 aliphatic rings. The summed E-state index contributed by atoms with van der Waals surface area (Å²) in [4.78, 5) is 11.8. The van der Waals surface area contributed by atoms with Crippen LogP contribution in [0.25, 0.3) is 0 Å². The minimum absolute atomic E-state index is 0.278. The zero-order valence-electron chi connectivity index (χ0n) is 11.3. The van der Waals surface area contributed by atoms with Gasteiger partial charge in [-0.2, -0.15) is 0 Å². The molecule has 0 bridgehead atoms. The van der Waals surface area contributed by atoms with Crippen molar-refractivity contribution in [3.05, 3.63) is 0 Å². The van der Waals surface area contributed by atoms with Crippen molar-refractivity contribution in [2.24, 2.45) is 4.99 Å². The molecule has 0 aromatic rings. The third-order valence-corrected chi connectivity index (χ3v) is 6.06. The van der Waals surface area contributed by atoms with Crippen molar-refractivity contribution in [1.82, 2.24) is 14.7 Å². The maximum Gasteiger partial charge on any atom is 0.172 e. The van der Waals surface area contributed by atoms with Gasteiger partial charge in [-0.3, -0.25) is 9.80 Å². The molecule has 17 heavy (non-hydrogen) atoms. The second-order valence-electron chi connectivity index (χ2n) is 5.15. The molecule has 2 aliphatic heterocycles. The molecule has 0 saturated carbocycles. The first-order chi connectivity index (χ1) is 7.99. The van der Waals surface area contributed by atoms with Gasteiger partial charge in [0.25, 0.3) is 0 Å². The number of piperazine rings is 1. The van der Waals surface area contributed by atoms with Gasteiger partial charge in [0.1, 0.15) is 0 Å². The maximum absolute atomic E-state index is 4.78. The van der Waals surface area contributed by atoms with Gasteiger partial charge in [0.15, 0.2) is 10.7 Å². The van der Waals surface area contributed by atoms with Crippen LogP contribution in [0.1, 0.15) is 13.8 Å². The second kappa shape index (κ2) is 5.38. The van der Waals surface area contributed by atoms with Crippen LogP contribution < -0.4 is 0 Å². The molecule has 0 amide bonds. The lowest BCUT2D eigenvalue weighted by molar-refractivity contribution is 0.100. The Morgan fingerprint density at radius 2 is 1.82 bits per heavy atom. The van der Waals surface area contributed by atoms with E-state index < -0.39 is 0 Å². The van der Waals surface area contributed by atoms with Crippen LogP contribution in [0.2, 0.25) is 0 Å². The summed E-state index contributed by atoms with van der Waals surface area (Å²) in [5, 5.41) is 1.21. The highest BCUT2D eigenvalue weighted by Gasteiger charge is 2.32. The summed E-state index contributed by atoms with van der Waals surface area (Å²) in [6, 6.07) is 1.20. The Balaban J connectivity index is 2.02. The van der Waals surface area contributed by atoms with Crippen LogP contribution in [0.15, 0.2) is 4.99 Å². The molecule has 2 rings (SSSR count). The number of likely N-dealkylation sites (N-methyl/N-ethyl adjacent to an activating group) is 1. The highest BCUT2D eigenvalue weighted by molar-refractivity contribution is 8.82. The second-order valence-corrected chi connectivity index (χ2v) is 7.37. The lowest BCUT2D eigenvalue weighted by Gasteiger charge is -2.42. The van der Waals surface area contributed by atoms with Gasteiger partial charge in [-0.15, -0.1) is 0 Å². The summed E-state index contributed by atoms with van der Waals surface area (Å²) < 4.78 is 0. The van der Waals surface area contributed by atoms with Crippen LogP contribution in [-0.4, -0.2) is 71.7 Å². The average molecular weight is 274 g/mol. The number of aliphatic imine (C=N–C) groups is 1. The summed E-state index contributed by atoms with van der Waals surface area (Å²) in [6.45, 7) is 6.76. The monoisotopic (exact) mass is 274 g/mol. The standard InChI is InChI=1S/C11H22N4S2/c1-8-6-15(7-9(2)14(8)5)11-12-10(13(3)4)16-17-11/h8-10H,6-7H2,1-5H3. The van der Waals surface area contributed by atoms with Gasteiger partial charge in [0.2, 0.25) is 0 Å². The van der Waals surface area contributed by atoms with E-state index in [2.05, 4.69) is 49.7 Å². The van der Waals surface area contributed by atoms with Crippen molar-refractivity contribution >= 4 is 26.8 Å². The normalized spacial score (nSPS) is 35.5. The summed E-state index contributed by atoms with van der Waals surface area (Å²) in [7, 11) is 10.0. The van der Waals surface area contributed by atoms with Gasteiger partial charge >= 0.3 is 0 Å². The van der Waals surface area contributed by atoms with Gasteiger partial charge in [-0.05, 0) is 56.6 Å². The first-order valence-electron chi connectivity index (χ1n) is 6.03. The van der Waals surface area contributed by atoms with Crippen LogP contribution in [-0.2, 0) is 0 Å². The molecule has 0 aromatic carbocycles. The molecule has 1 fully saturated rings. The molecule has 0 spiro atoms. The quantitative estimate of drug-likeness (QED) is 0.676. The lowest BCUT2D eigenvalue weighted by atomic mass is 10.1. The fourth-order valence-electron chi connectivity index (χ4n) is 2.12. The Morgan fingerprint density at radius 1 is 1.24 bits per heavy atom. The fraction of sp³-hybridized carbons (Fsp3) is 0.909. The van der Waals surface area contributed by atoms with E-state index in [-0.39, 0.29) is 5.50 Å². The van der Waals surface area contributed by atoms with Gasteiger partial charge < -0.3 is 4.90 Å². The predicted molar refractivity (Wildman–Crippen MR) is 78.4 cm³/mol. The van der Waals surface area contributed by atoms with Crippen molar-refractivity contribution in [1.29, 1.82) is 0 Å². The topological polar surface area (TPSA) is 22.1 Å². The first-order valence-corrected chi connectivity index (χ1v) is 8.24. The molecule has 0 aliphatic carbocycles. The van der Waals surface area contributed by atoms with Crippen LogP contribution in [0.3, 0.4) is 0 Å². The van der Waals surface area contributed by atoms with Crippen LogP contribution in [0.5, 0.6) is 0 Å². The van der Waals surface area contributed by atoms with E-state index in [9.17, 15) is 0 Å². The van der Waals surface area contributed by atoms with Gasteiger partial charge in [0.05, 0.1) is 0 Å². The molecule has 0 radical (unpaired) electrons. The fourth-order valence-corrected chi connectivity index (χ4v) is 4.68. The van der Waals surface area contributed by atoms with E-state index in [1.165, 1.54) is 5.17 Å². The molecule has 4 nitrogen and oxygen atoms in total. The number of amidine groups is 1. The Bertz CT molecular complexity index is 296. The average Bonchev–Trinajstić information content (AvgIpc) is 2.74. The van der Waals surface area contributed by atoms with Crippen LogP contribution in [0.4, 0.5) is 0 Å². The van der Waals surface area contributed by atoms with E-state index in [1.54, 1.807) is 0 Å². The molecule has 3 unspecified atom stereocenters. The first kappa shape index (κ1) is 13.5. The van der Waals surface area contributed by atoms with Crippen molar-refractivity contribution in [3.63, 3.8) is 0 Å². The van der Waals surface area contributed by atoms with E-state index in [4.69, 9.17) is 4.99 Å². The molecule has 1 saturated heterocycles. The molecule has 98 valence electrons. The molecular weight excluding hydrogens is 252 g/mol. The Kier molecular flexibility index (Phi) is 4.28. The highest BCUT2D eigenvalue weighted by atomic mass is 33.1. The van der Waals surface area contributed by atoms with Crippen molar-refractivity contribution in [3.8, 4) is 0 Å². The van der Waals surface area contributed by atoms with Crippen molar-refractivity contribution in [2.75, 3.05) is 34.2 Å². The van der Waals surface area contributed by atoms with Crippen LogP contribution >= 0.6 is 21.6 Å². The predicted octanol–water partition coefficient (Wildman–Crippen LogP) is 1.61. The number of rotatable bonds is 1. The third kappa shape index (κ3) is 2.92. The lowest BCUT2D eigenvalue weighted by Crippen LogP contribution is -2.55. The summed E-state index contributed by atoms with van der Waals surface area (Å²) >= 11 is 0. The highest BCUT2D eigenvalue weighted by Crippen LogP contribution is 2.38. The molecular formula is C11H22N4S2. The van der Waals surface area contributed by atoms with Crippen molar-refractivity contribution in [2.45, 2.75) is 31.4 Å². The SMILES string of the molecule is CC1CN(C2=NC(N(C)C)SS2)CC(C)N1C. The van der Waals surface area contributed by atoms with E-state index >= 15 is 0 Å². The van der Waals surface area contributed by atoms with Gasteiger partial charge in [-0.1, -0.05) is 0 Å². The van der Waals surface area contributed by atoms with Crippen LogP contribution in [0, 0.1) is 0 Å².